The van der Waals surface area contributed by atoms with Crippen molar-refractivity contribution >= 4 is 23.8 Å². The summed E-state index contributed by atoms with van der Waals surface area (Å²) >= 11 is 5.55. The quantitative estimate of drug-likeness (QED) is 0.471. The topological polar surface area (TPSA) is 53.5 Å². The van der Waals surface area contributed by atoms with Crippen LogP contribution in [0.2, 0.25) is 0 Å². The second-order valence-corrected chi connectivity index (χ2v) is 3.62. The van der Waals surface area contributed by atoms with Crippen LogP contribution in [0.1, 0.15) is 12.5 Å². The fourth-order valence-corrected chi connectivity index (χ4v) is 1.08. The Morgan fingerprint density at radius 3 is 2.81 bits per heavy atom. The first-order valence-electron chi connectivity index (χ1n) is 4.93. The zero-order valence-electron chi connectivity index (χ0n) is 8.98. The summed E-state index contributed by atoms with van der Waals surface area (Å²) in [5.74, 6) is 0.371. The van der Waals surface area contributed by atoms with E-state index in [1.165, 1.54) is 0 Å². The highest BCUT2D eigenvalue weighted by Gasteiger charge is 2.03. The van der Waals surface area contributed by atoms with Gasteiger partial charge in [0.2, 0.25) is 0 Å². The van der Waals surface area contributed by atoms with Crippen LogP contribution in [-0.4, -0.2) is 24.2 Å². The number of hydrazone groups is 1. The van der Waals surface area contributed by atoms with Crippen LogP contribution in [0.15, 0.2) is 35.4 Å². The molecule has 0 aliphatic heterocycles. The van der Waals surface area contributed by atoms with Gasteiger partial charge in [0.05, 0.1) is 6.21 Å². The van der Waals surface area contributed by atoms with E-state index in [0.717, 1.165) is 5.56 Å². The summed E-state index contributed by atoms with van der Waals surface area (Å²) < 4.78 is 0. The van der Waals surface area contributed by atoms with Crippen molar-refractivity contribution in [3.05, 3.63) is 35.9 Å². The van der Waals surface area contributed by atoms with E-state index in [0.29, 0.717) is 5.88 Å². The van der Waals surface area contributed by atoms with Gasteiger partial charge in [-0.3, -0.25) is 0 Å². The van der Waals surface area contributed by atoms with E-state index in [1.807, 2.05) is 37.3 Å². The van der Waals surface area contributed by atoms with Gasteiger partial charge in [-0.25, -0.2) is 10.2 Å². The monoisotopic (exact) mass is 239 g/mol. The molecule has 0 saturated heterocycles. The first kappa shape index (κ1) is 12.5. The smallest absolute Gasteiger partial charge is 0.333 e. The van der Waals surface area contributed by atoms with Crippen molar-refractivity contribution in [3.8, 4) is 0 Å². The van der Waals surface area contributed by atoms with Crippen LogP contribution < -0.4 is 10.7 Å². The van der Waals surface area contributed by atoms with E-state index >= 15 is 0 Å². The van der Waals surface area contributed by atoms with Crippen LogP contribution in [0.3, 0.4) is 0 Å². The van der Waals surface area contributed by atoms with Gasteiger partial charge in [0, 0.05) is 11.9 Å². The molecular formula is C11H14ClN3O. The fraction of sp³-hybridized carbons (Fsp3) is 0.273. The fourth-order valence-electron chi connectivity index (χ4n) is 0.999. The normalized spacial score (nSPS) is 12.4. The molecule has 2 N–H and O–H groups in total. The van der Waals surface area contributed by atoms with E-state index < -0.39 is 0 Å². The predicted octanol–water partition coefficient (Wildman–Crippen LogP) is 1.95. The third kappa shape index (κ3) is 4.79. The number of rotatable bonds is 4. The largest absolute Gasteiger partial charge is 0.335 e. The molecule has 1 atom stereocenters. The minimum atomic E-state index is -0.361. The van der Waals surface area contributed by atoms with Crippen molar-refractivity contribution in [2.45, 2.75) is 13.0 Å². The van der Waals surface area contributed by atoms with Gasteiger partial charge in [-0.1, -0.05) is 30.3 Å². The van der Waals surface area contributed by atoms with E-state index in [9.17, 15) is 4.79 Å². The Morgan fingerprint density at radius 1 is 1.50 bits per heavy atom. The van der Waals surface area contributed by atoms with E-state index in [2.05, 4.69) is 15.8 Å². The number of amides is 2. The Hall–Kier alpha value is -1.55. The average Bonchev–Trinajstić information content (AvgIpc) is 2.30. The Balaban J connectivity index is 2.34. The maximum Gasteiger partial charge on any atom is 0.335 e. The van der Waals surface area contributed by atoms with Crippen LogP contribution in [0.5, 0.6) is 0 Å². The molecule has 0 aliphatic carbocycles. The molecule has 0 spiro atoms. The summed E-state index contributed by atoms with van der Waals surface area (Å²) in [6, 6.07) is 9.07. The molecule has 1 aromatic carbocycles. The Labute approximate surface area is 99.7 Å². The van der Waals surface area contributed by atoms with Crippen molar-refractivity contribution in [2.24, 2.45) is 5.10 Å². The van der Waals surface area contributed by atoms with E-state index in [4.69, 9.17) is 11.6 Å². The van der Waals surface area contributed by atoms with E-state index in [1.54, 1.807) is 6.21 Å². The Bertz CT molecular complexity index is 354. The van der Waals surface area contributed by atoms with Crippen LogP contribution in [0.4, 0.5) is 4.79 Å². The Morgan fingerprint density at radius 2 is 2.19 bits per heavy atom. The van der Waals surface area contributed by atoms with Crippen molar-refractivity contribution in [2.75, 3.05) is 5.88 Å². The highest BCUT2D eigenvalue weighted by atomic mass is 35.5. The summed E-state index contributed by atoms with van der Waals surface area (Å²) in [7, 11) is 0. The average molecular weight is 240 g/mol. The molecule has 1 unspecified atom stereocenters. The van der Waals surface area contributed by atoms with Crippen LogP contribution in [-0.2, 0) is 0 Å². The van der Waals surface area contributed by atoms with Crippen LogP contribution >= 0.6 is 11.6 Å². The summed E-state index contributed by atoms with van der Waals surface area (Å²) in [5, 5.41) is 6.42. The van der Waals surface area contributed by atoms with Gasteiger partial charge in [0.25, 0.3) is 0 Å². The summed E-state index contributed by atoms with van der Waals surface area (Å²) in [4.78, 5) is 11.2. The summed E-state index contributed by atoms with van der Waals surface area (Å²) in [6.45, 7) is 1.81. The first-order chi connectivity index (χ1) is 7.72. The molecule has 5 heteroatoms. The molecule has 0 aliphatic rings. The number of alkyl halides is 1. The molecule has 86 valence electrons. The molecule has 0 heterocycles. The zero-order chi connectivity index (χ0) is 11.8. The van der Waals surface area contributed by atoms with Gasteiger partial charge >= 0.3 is 6.03 Å². The van der Waals surface area contributed by atoms with Gasteiger partial charge < -0.3 is 5.32 Å². The maximum atomic E-state index is 11.2. The first-order valence-corrected chi connectivity index (χ1v) is 5.46. The Kier molecular flexibility index (Phi) is 5.36. The molecule has 0 radical (unpaired) electrons. The third-order valence-corrected chi connectivity index (χ3v) is 2.25. The molecule has 1 aromatic rings. The number of hydrogen-bond donors (Lipinski definition) is 2. The predicted molar refractivity (Wildman–Crippen MR) is 65.9 cm³/mol. The van der Waals surface area contributed by atoms with E-state index in [-0.39, 0.29) is 12.1 Å². The number of carbonyl (C=O) groups is 1. The summed E-state index contributed by atoms with van der Waals surface area (Å²) in [5.41, 5.74) is 3.28. The van der Waals surface area contributed by atoms with Crippen molar-refractivity contribution < 1.29 is 4.79 Å². The van der Waals surface area contributed by atoms with Gasteiger partial charge in [0.15, 0.2) is 0 Å². The van der Waals surface area contributed by atoms with Crippen molar-refractivity contribution in [1.82, 2.24) is 10.7 Å². The van der Waals surface area contributed by atoms with Gasteiger partial charge in [-0.2, -0.15) is 5.10 Å². The number of nitrogens with one attached hydrogen (secondary N) is 2. The molecule has 16 heavy (non-hydrogen) atoms. The molecule has 2 amide bonds. The van der Waals surface area contributed by atoms with Crippen molar-refractivity contribution in [3.63, 3.8) is 0 Å². The molecule has 0 aromatic heterocycles. The lowest BCUT2D eigenvalue weighted by molar-refractivity contribution is 0.239. The SMILES string of the molecule is CC(CCl)NC(=O)N/N=C/c1ccccc1. The lowest BCUT2D eigenvalue weighted by atomic mass is 10.2. The zero-order valence-corrected chi connectivity index (χ0v) is 9.74. The minimum Gasteiger partial charge on any atom is -0.333 e. The number of benzene rings is 1. The molecule has 0 fully saturated rings. The third-order valence-electron chi connectivity index (χ3n) is 1.79. The van der Waals surface area contributed by atoms with Gasteiger partial charge in [-0.15, -0.1) is 11.6 Å². The highest BCUT2D eigenvalue weighted by molar-refractivity contribution is 6.18. The van der Waals surface area contributed by atoms with Gasteiger partial charge in [0.1, 0.15) is 0 Å². The van der Waals surface area contributed by atoms with Crippen LogP contribution in [0.25, 0.3) is 0 Å². The number of carbonyl (C=O) groups excluding carboxylic acids is 1. The second-order valence-electron chi connectivity index (χ2n) is 3.31. The van der Waals surface area contributed by atoms with Crippen LogP contribution in [0, 0.1) is 0 Å². The molecule has 4 nitrogen and oxygen atoms in total. The molecule has 0 bridgehead atoms. The minimum absolute atomic E-state index is 0.0754. The standard InChI is InChI=1S/C11H14ClN3O/c1-9(7-12)14-11(16)15-13-8-10-5-3-2-4-6-10/h2-6,8-9H,7H2,1H3,(H2,14,15,16)/b13-8+. The lowest BCUT2D eigenvalue weighted by Crippen LogP contribution is -2.39. The number of urea groups is 1. The summed E-state index contributed by atoms with van der Waals surface area (Å²) in [6.07, 6.45) is 1.57. The number of hydrogen-bond acceptors (Lipinski definition) is 2. The number of nitrogens with zero attached hydrogens (tertiary/aromatic N) is 1. The second kappa shape index (κ2) is 6.85. The maximum absolute atomic E-state index is 11.2. The molecule has 0 saturated carbocycles. The molecular weight excluding hydrogens is 226 g/mol. The molecule has 1 rings (SSSR count). The van der Waals surface area contributed by atoms with Gasteiger partial charge in [-0.05, 0) is 12.5 Å². The number of halogens is 1. The lowest BCUT2D eigenvalue weighted by Gasteiger charge is -2.08. The van der Waals surface area contributed by atoms with Crippen molar-refractivity contribution in [1.29, 1.82) is 0 Å². The highest BCUT2D eigenvalue weighted by Crippen LogP contribution is 1.93.